The summed E-state index contributed by atoms with van der Waals surface area (Å²) in [6, 6.07) is 7.48. The van der Waals surface area contributed by atoms with Crippen LogP contribution in [0.3, 0.4) is 0 Å². The maximum absolute atomic E-state index is 14.1. The van der Waals surface area contributed by atoms with E-state index in [-0.39, 0.29) is 23.8 Å². The highest BCUT2D eigenvalue weighted by atomic mass is 16.6. The number of amides is 3. The highest BCUT2D eigenvalue weighted by molar-refractivity contribution is 5.92. The minimum Gasteiger partial charge on any atom is -0.444 e. The molecule has 1 aromatic carbocycles. The number of hydrogen-bond donors (Lipinski definition) is 2. The molecule has 0 saturated heterocycles. The molecule has 1 rings (SSSR count). The lowest BCUT2D eigenvalue weighted by atomic mass is 9.90. The Labute approximate surface area is 199 Å². The van der Waals surface area contributed by atoms with E-state index >= 15 is 0 Å². The smallest absolute Gasteiger partial charge is 0.408 e. The van der Waals surface area contributed by atoms with Crippen LogP contribution < -0.4 is 10.6 Å². The van der Waals surface area contributed by atoms with Gasteiger partial charge < -0.3 is 20.3 Å². The standard InChI is InChI=1S/C26H43N3O4/c1-11-26(9,10)29(21(22(30)27-18(4)5)19-15-13-12-14-16-19)23(31)20(17(2)3)28-24(32)33-25(6,7)8/h12-18,20-21H,11H2,1-10H3,(H,27,30)(H,28,32). The van der Waals surface area contributed by atoms with E-state index in [2.05, 4.69) is 10.6 Å². The van der Waals surface area contributed by atoms with E-state index in [9.17, 15) is 14.4 Å². The molecule has 0 fully saturated rings. The normalized spacial score (nSPS) is 13.9. The molecule has 0 spiro atoms. The molecule has 7 heteroatoms. The Morgan fingerprint density at radius 1 is 0.939 bits per heavy atom. The van der Waals surface area contributed by atoms with Crippen molar-refractivity contribution in [2.24, 2.45) is 5.92 Å². The minimum absolute atomic E-state index is 0.0915. The first-order chi connectivity index (χ1) is 15.1. The Morgan fingerprint density at radius 3 is 1.91 bits per heavy atom. The van der Waals surface area contributed by atoms with Gasteiger partial charge in [-0.05, 0) is 66.4 Å². The summed E-state index contributed by atoms with van der Waals surface area (Å²) in [5.41, 5.74) is -0.639. The van der Waals surface area contributed by atoms with Crippen molar-refractivity contribution in [3.8, 4) is 0 Å². The third-order valence-electron chi connectivity index (χ3n) is 5.41. The van der Waals surface area contributed by atoms with Crippen molar-refractivity contribution in [1.29, 1.82) is 0 Å². The van der Waals surface area contributed by atoms with E-state index in [1.54, 1.807) is 25.7 Å². The molecular formula is C26H43N3O4. The van der Waals surface area contributed by atoms with E-state index in [1.807, 2.05) is 78.8 Å². The van der Waals surface area contributed by atoms with Crippen LogP contribution in [0.4, 0.5) is 4.79 Å². The topological polar surface area (TPSA) is 87.7 Å². The van der Waals surface area contributed by atoms with Gasteiger partial charge >= 0.3 is 6.09 Å². The maximum atomic E-state index is 14.1. The van der Waals surface area contributed by atoms with Crippen molar-refractivity contribution >= 4 is 17.9 Å². The maximum Gasteiger partial charge on any atom is 0.408 e. The Kier molecular flexibility index (Phi) is 9.94. The fourth-order valence-corrected chi connectivity index (χ4v) is 3.46. The number of hydrogen-bond acceptors (Lipinski definition) is 4. The van der Waals surface area contributed by atoms with Gasteiger partial charge in [0, 0.05) is 11.6 Å². The second-order valence-electron chi connectivity index (χ2n) is 10.7. The summed E-state index contributed by atoms with van der Waals surface area (Å²) >= 11 is 0. The van der Waals surface area contributed by atoms with Crippen LogP contribution in [0.25, 0.3) is 0 Å². The molecule has 1 aromatic rings. The predicted molar refractivity (Wildman–Crippen MR) is 132 cm³/mol. The molecule has 0 radical (unpaired) electrons. The summed E-state index contributed by atoms with van der Waals surface area (Å²) in [7, 11) is 0. The summed E-state index contributed by atoms with van der Waals surface area (Å²) in [6.07, 6.45) is -0.0411. The Balaban J connectivity index is 3.54. The van der Waals surface area contributed by atoms with Gasteiger partial charge in [-0.2, -0.15) is 0 Å². The van der Waals surface area contributed by atoms with Gasteiger partial charge in [-0.15, -0.1) is 0 Å². The van der Waals surface area contributed by atoms with Gasteiger partial charge in [-0.25, -0.2) is 4.79 Å². The first kappa shape index (κ1) is 28.5. The Hall–Kier alpha value is -2.57. The number of nitrogens with zero attached hydrogens (tertiary/aromatic N) is 1. The van der Waals surface area contributed by atoms with Gasteiger partial charge in [0.2, 0.25) is 11.8 Å². The van der Waals surface area contributed by atoms with Gasteiger partial charge in [0.05, 0.1) is 0 Å². The van der Waals surface area contributed by atoms with E-state index in [1.165, 1.54) is 0 Å². The monoisotopic (exact) mass is 461 g/mol. The minimum atomic E-state index is -0.858. The molecule has 0 aliphatic rings. The third-order valence-corrected chi connectivity index (χ3v) is 5.41. The molecule has 2 atom stereocenters. The number of rotatable bonds is 9. The molecule has 33 heavy (non-hydrogen) atoms. The molecule has 3 amide bonds. The van der Waals surface area contributed by atoms with Gasteiger partial charge in [-0.3, -0.25) is 9.59 Å². The van der Waals surface area contributed by atoms with E-state index < -0.39 is 29.3 Å². The van der Waals surface area contributed by atoms with E-state index in [0.717, 1.165) is 0 Å². The second kappa shape index (κ2) is 11.5. The van der Waals surface area contributed by atoms with Crippen molar-refractivity contribution in [1.82, 2.24) is 15.5 Å². The number of alkyl carbamates (subject to hydrolysis) is 1. The molecule has 186 valence electrons. The van der Waals surface area contributed by atoms with Crippen LogP contribution in [0.5, 0.6) is 0 Å². The number of carbonyl (C=O) groups is 3. The van der Waals surface area contributed by atoms with Crippen molar-refractivity contribution in [2.75, 3.05) is 0 Å². The van der Waals surface area contributed by atoms with Crippen LogP contribution in [0, 0.1) is 5.92 Å². The van der Waals surface area contributed by atoms with E-state index in [4.69, 9.17) is 4.74 Å². The first-order valence-electron chi connectivity index (χ1n) is 11.8. The van der Waals surface area contributed by atoms with Crippen LogP contribution in [0.1, 0.15) is 87.3 Å². The van der Waals surface area contributed by atoms with Gasteiger partial charge in [0.15, 0.2) is 0 Å². The lowest BCUT2D eigenvalue weighted by Crippen LogP contribution is -2.60. The average Bonchev–Trinajstić information content (AvgIpc) is 2.68. The largest absolute Gasteiger partial charge is 0.444 e. The van der Waals surface area contributed by atoms with Gasteiger partial charge in [-0.1, -0.05) is 51.1 Å². The zero-order valence-corrected chi connectivity index (χ0v) is 22.0. The number of nitrogens with one attached hydrogen (secondary N) is 2. The fourth-order valence-electron chi connectivity index (χ4n) is 3.46. The highest BCUT2D eigenvalue weighted by Crippen LogP contribution is 2.33. The van der Waals surface area contributed by atoms with Crippen molar-refractivity contribution in [3.63, 3.8) is 0 Å². The summed E-state index contributed by atoms with van der Waals surface area (Å²) in [5.74, 6) is -0.800. The lowest BCUT2D eigenvalue weighted by Gasteiger charge is -2.45. The van der Waals surface area contributed by atoms with Crippen LogP contribution >= 0.6 is 0 Å². The molecule has 0 bridgehead atoms. The van der Waals surface area contributed by atoms with Crippen molar-refractivity contribution in [2.45, 2.75) is 105 Å². The zero-order chi connectivity index (χ0) is 25.6. The third kappa shape index (κ3) is 8.37. The van der Waals surface area contributed by atoms with E-state index in [0.29, 0.717) is 12.0 Å². The Bertz CT molecular complexity index is 798. The molecule has 0 aliphatic heterocycles. The number of benzene rings is 1. The summed E-state index contributed by atoms with van der Waals surface area (Å²) in [6.45, 7) is 18.7. The molecule has 2 N–H and O–H groups in total. The van der Waals surface area contributed by atoms with Crippen LogP contribution in [-0.4, -0.2) is 46.0 Å². The SMILES string of the molecule is CCC(C)(C)N(C(=O)C(NC(=O)OC(C)(C)C)C(C)C)C(C(=O)NC(C)C)c1ccccc1. The Morgan fingerprint density at radius 2 is 1.48 bits per heavy atom. The molecule has 2 unspecified atom stereocenters. The second-order valence-corrected chi connectivity index (χ2v) is 10.7. The summed E-state index contributed by atoms with van der Waals surface area (Å²) < 4.78 is 5.41. The average molecular weight is 462 g/mol. The van der Waals surface area contributed by atoms with Crippen LogP contribution in [0.2, 0.25) is 0 Å². The predicted octanol–water partition coefficient (Wildman–Crippen LogP) is 4.82. The molecule has 0 aliphatic carbocycles. The molecule has 7 nitrogen and oxygen atoms in total. The molecule has 0 heterocycles. The highest BCUT2D eigenvalue weighted by Gasteiger charge is 2.43. The lowest BCUT2D eigenvalue weighted by molar-refractivity contribution is -0.150. The number of ether oxygens (including phenoxy) is 1. The zero-order valence-electron chi connectivity index (χ0n) is 22.0. The first-order valence-corrected chi connectivity index (χ1v) is 11.8. The van der Waals surface area contributed by atoms with Crippen LogP contribution in [-0.2, 0) is 14.3 Å². The summed E-state index contributed by atoms with van der Waals surface area (Å²) in [4.78, 5) is 41.7. The van der Waals surface area contributed by atoms with Crippen molar-refractivity contribution < 1.29 is 19.1 Å². The van der Waals surface area contributed by atoms with Crippen molar-refractivity contribution in [3.05, 3.63) is 35.9 Å². The fraction of sp³-hybridized carbons (Fsp3) is 0.654. The molecule has 0 saturated carbocycles. The summed E-state index contributed by atoms with van der Waals surface area (Å²) in [5, 5.41) is 5.72. The number of carbonyl (C=O) groups excluding carboxylic acids is 3. The van der Waals surface area contributed by atoms with Crippen LogP contribution in [0.15, 0.2) is 30.3 Å². The molecule has 0 aromatic heterocycles. The van der Waals surface area contributed by atoms with Gasteiger partial charge in [0.25, 0.3) is 0 Å². The quantitative estimate of drug-likeness (QED) is 0.552. The molecular weight excluding hydrogens is 418 g/mol. The van der Waals surface area contributed by atoms with Gasteiger partial charge in [0.1, 0.15) is 17.7 Å².